The van der Waals surface area contributed by atoms with Crippen LogP contribution in [0.5, 0.6) is 0 Å². The van der Waals surface area contributed by atoms with Crippen LogP contribution in [0.25, 0.3) is 49.3 Å². The van der Waals surface area contributed by atoms with Gasteiger partial charge in [0.25, 0.3) is 0 Å². The predicted octanol–water partition coefficient (Wildman–Crippen LogP) is 9.27. The summed E-state index contributed by atoms with van der Waals surface area (Å²) in [6.07, 6.45) is 8.76. The Bertz CT molecular complexity index is 2250. The van der Waals surface area contributed by atoms with E-state index < -0.39 is 0 Å². The fourth-order valence-electron chi connectivity index (χ4n) is 7.61. The highest BCUT2D eigenvalue weighted by Crippen LogP contribution is 2.52. The molecule has 0 fully saturated rings. The van der Waals surface area contributed by atoms with Crippen LogP contribution >= 0.6 is 0 Å². The summed E-state index contributed by atoms with van der Waals surface area (Å²) in [6.45, 7) is 5.48. The number of allylic oxidation sites excluding steroid dienone is 3. The number of fused-ring (bicyclic) bond motifs is 9. The maximum atomic E-state index is 5.29. The fraction of sp³-hybridized carbons (Fsp3) is 0.103. The van der Waals surface area contributed by atoms with Gasteiger partial charge in [0.1, 0.15) is 0 Å². The van der Waals surface area contributed by atoms with Crippen LogP contribution < -0.4 is 0 Å². The van der Waals surface area contributed by atoms with Gasteiger partial charge in [0.15, 0.2) is 0 Å². The Morgan fingerprint density at radius 2 is 1.45 bits per heavy atom. The minimum Gasteiger partial charge on any atom is -0.307 e. The lowest BCUT2D eigenvalue weighted by atomic mass is 9.78. The van der Waals surface area contributed by atoms with Crippen molar-refractivity contribution in [2.45, 2.75) is 19.3 Å². The molecule has 0 spiro atoms. The third kappa shape index (κ3) is 3.03. The molecule has 42 heavy (non-hydrogen) atoms. The van der Waals surface area contributed by atoms with Gasteiger partial charge in [0, 0.05) is 34.5 Å². The highest BCUT2D eigenvalue weighted by atomic mass is 15.3. The van der Waals surface area contributed by atoms with Gasteiger partial charge in [-0.05, 0) is 56.8 Å². The Hall–Kier alpha value is -5.15. The Labute approximate surface area is 245 Å². The number of aliphatic imine (C=N–C) groups is 1. The topological polar surface area (TPSA) is 20.5 Å². The fourth-order valence-corrected chi connectivity index (χ4v) is 7.61. The third-order valence-electron chi connectivity index (χ3n) is 9.43. The Morgan fingerprint density at radius 1 is 0.690 bits per heavy atom. The van der Waals surface area contributed by atoms with Crippen LogP contribution in [0.3, 0.4) is 0 Å². The summed E-state index contributed by atoms with van der Waals surface area (Å²) in [5.74, 6) is 0.936. The maximum Gasteiger partial charge on any atom is 0.215 e. The highest BCUT2D eigenvalue weighted by Gasteiger charge is 2.39. The van der Waals surface area contributed by atoms with Crippen molar-refractivity contribution in [1.29, 1.82) is 0 Å². The van der Waals surface area contributed by atoms with Crippen molar-refractivity contribution in [3.05, 3.63) is 150 Å². The van der Waals surface area contributed by atoms with Gasteiger partial charge in [-0.25, -0.2) is 4.99 Å². The molecule has 0 bridgehead atoms. The SMILES string of the molecule is CC1(C)c2ccccc2-c2cccc(C3=CN=C(n4c5ccccc5c5c6ccccc6ccc54)N4CC=CC=C34)c21. The second-order valence-corrected chi connectivity index (χ2v) is 12.0. The van der Waals surface area contributed by atoms with E-state index in [0.29, 0.717) is 0 Å². The monoisotopic (exact) mass is 539 g/mol. The highest BCUT2D eigenvalue weighted by molar-refractivity contribution is 6.23. The molecule has 0 N–H and O–H groups in total. The first kappa shape index (κ1) is 23.5. The molecular formula is C39H29N3. The smallest absolute Gasteiger partial charge is 0.215 e. The van der Waals surface area contributed by atoms with Gasteiger partial charge in [0.05, 0.1) is 16.7 Å². The molecule has 3 heterocycles. The number of rotatable bonds is 1. The largest absolute Gasteiger partial charge is 0.307 e. The van der Waals surface area contributed by atoms with Crippen molar-refractivity contribution in [3.63, 3.8) is 0 Å². The molecular weight excluding hydrogens is 510 g/mol. The molecule has 3 nitrogen and oxygen atoms in total. The molecule has 0 saturated carbocycles. The molecule has 0 saturated heterocycles. The molecule has 9 rings (SSSR count). The van der Waals surface area contributed by atoms with E-state index in [1.54, 1.807) is 0 Å². The molecule has 3 heteroatoms. The summed E-state index contributed by atoms with van der Waals surface area (Å²) in [6, 6.07) is 37.5. The molecule has 200 valence electrons. The van der Waals surface area contributed by atoms with Gasteiger partial charge in [-0.1, -0.05) is 117 Å². The van der Waals surface area contributed by atoms with Gasteiger partial charge in [-0.15, -0.1) is 0 Å². The van der Waals surface area contributed by atoms with E-state index in [1.807, 2.05) is 0 Å². The average Bonchev–Trinajstić information content (AvgIpc) is 3.50. The maximum absolute atomic E-state index is 5.29. The zero-order valence-corrected chi connectivity index (χ0v) is 23.7. The molecule has 1 aromatic heterocycles. The Kier molecular flexibility index (Phi) is 4.73. The lowest BCUT2D eigenvalue weighted by molar-refractivity contribution is 0.561. The van der Waals surface area contributed by atoms with Crippen molar-refractivity contribution < 1.29 is 0 Å². The number of hydrogen-bond acceptors (Lipinski definition) is 2. The van der Waals surface area contributed by atoms with Gasteiger partial charge in [-0.3, -0.25) is 4.57 Å². The number of para-hydroxylation sites is 1. The summed E-state index contributed by atoms with van der Waals surface area (Å²) in [5, 5.41) is 5.05. The average molecular weight is 540 g/mol. The second-order valence-electron chi connectivity index (χ2n) is 12.0. The minimum atomic E-state index is -0.100. The molecule has 5 aromatic carbocycles. The van der Waals surface area contributed by atoms with Crippen molar-refractivity contribution in [3.8, 4) is 11.1 Å². The Balaban J connectivity index is 1.31. The van der Waals surface area contributed by atoms with Crippen LogP contribution in [-0.4, -0.2) is 22.0 Å². The van der Waals surface area contributed by atoms with E-state index in [-0.39, 0.29) is 5.41 Å². The van der Waals surface area contributed by atoms with Crippen LogP contribution in [0.2, 0.25) is 0 Å². The number of hydrogen-bond donors (Lipinski definition) is 0. The standard InChI is InChI=1S/C39H29N3/c1-39(2)32-18-7-5-14-27(32)28-16-11-17-29(37(28)39)31-24-40-38(41-23-10-9-19-33(31)41)42-34-20-8-6-15-30(34)36-26-13-4-3-12-25(26)21-22-35(36)42/h3-22,24H,23H2,1-2H3. The zero-order valence-electron chi connectivity index (χ0n) is 23.7. The van der Waals surface area contributed by atoms with Crippen LogP contribution in [-0.2, 0) is 5.41 Å². The van der Waals surface area contributed by atoms with E-state index in [4.69, 9.17) is 4.99 Å². The zero-order chi connectivity index (χ0) is 28.0. The normalized spacial score (nSPS) is 16.7. The first-order valence-electron chi connectivity index (χ1n) is 14.7. The summed E-state index contributed by atoms with van der Waals surface area (Å²) < 4.78 is 2.35. The van der Waals surface area contributed by atoms with E-state index in [9.17, 15) is 0 Å². The molecule has 3 aliphatic rings. The molecule has 0 unspecified atom stereocenters. The third-order valence-corrected chi connectivity index (χ3v) is 9.43. The van der Waals surface area contributed by atoms with E-state index in [0.717, 1.165) is 12.5 Å². The van der Waals surface area contributed by atoms with Crippen molar-refractivity contribution in [2.24, 2.45) is 4.99 Å². The summed E-state index contributed by atoms with van der Waals surface area (Å²) >= 11 is 0. The number of nitrogens with zero attached hydrogens (tertiary/aromatic N) is 3. The van der Waals surface area contributed by atoms with Crippen molar-refractivity contribution in [2.75, 3.05) is 6.54 Å². The number of benzene rings is 5. The van der Waals surface area contributed by atoms with Crippen LogP contribution in [0.1, 0.15) is 30.5 Å². The predicted molar refractivity (Wildman–Crippen MR) is 176 cm³/mol. The molecule has 2 aliphatic heterocycles. The second kappa shape index (κ2) is 8.43. The van der Waals surface area contributed by atoms with Gasteiger partial charge in [-0.2, -0.15) is 0 Å². The van der Waals surface area contributed by atoms with Crippen LogP contribution in [0.4, 0.5) is 0 Å². The van der Waals surface area contributed by atoms with Crippen LogP contribution in [0.15, 0.2) is 138 Å². The lowest BCUT2D eigenvalue weighted by Gasteiger charge is -2.35. The van der Waals surface area contributed by atoms with Crippen molar-refractivity contribution >= 4 is 44.1 Å². The van der Waals surface area contributed by atoms with Crippen LogP contribution in [0, 0.1) is 0 Å². The first-order valence-corrected chi connectivity index (χ1v) is 14.7. The molecule has 0 radical (unpaired) electrons. The first-order chi connectivity index (χ1) is 20.6. The van der Waals surface area contributed by atoms with Gasteiger partial charge >= 0.3 is 0 Å². The van der Waals surface area contributed by atoms with Gasteiger partial charge in [0.2, 0.25) is 5.96 Å². The molecule has 1 aliphatic carbocycles. The minimum absolute atomic E-state index is 0.100. The number of aromatic nitrogens is 1. The Morgan fingerprint density at radius 3 is 2.38 bits per heavy atom. The van der Waals surface area contributed by atoms with E-state index in [1.165, 1.54) is 71.7 Å². The summed E-state index contributed by atoms with van der Waals surface area (Å²) in [4.78, 5) is 7.67. The van der Waals surface area contributed by atoms with Gasteiger partial charge < -0.3 is 4.90 Å². The lowest BCUT2D eigenvalue weighted by Crippen LogP contribution is -2.38. The van der Waals surface area contributed by atoms with Crippen molar-refractivity contribution in [1.82, 2.24) is 9.47 Å². The van der Waals surface area contributed by atoms with E-state index >= 15 is 0 Å². The molecule has 6 aromatic rings. The summed E-state index contributed by atoms with van der Waals surface area (Å²) in [5.41, 5.74) is 11.3. The molecule has 0 amide bonds. The summed E-state index contributed by atoms with van der Waals surface area (Å²) in [7, 11) is 0. The molecule has 0 atom stereocenters. The quantitative estimate of drug-likeness (QED) is 0.204. The van der Waals surface area contributed by atoms with E-state index in [2.05, 4.69) is 151 Å².